The summed E-state index contributed by atoms with van der Waals surface area (Å²) in [6.07, 6.45) is 0.741. The van der Waals surface area contributed by atoms with Crippen LogP contribution >= 0.6 is 15.9 Å². The maximum absolute atomic E-state index is 13.6. The van der Waals surface area contributed by atoms with Gasteiger partial charge in [0.15, 0.2) is 0 Å². The molecule has 90 valence electrons. The molecule has 0 spiro atoms. The molecule has 0 bridgehead atoms. The quantitative estimate of drug-likeness (QED) is 0.869. The minimum Gasteiger partial charge on any atom is -0.316 e. The van der Waals surface area contributed by atoms with E-state index in [1.807, 2.05) is 6.07 Å². The Balaban J connectivity index is 2.74. The molecule has 1 rings (SSSR count). The van der Waals surface area contributed by atoms with Crippen molar-refractivity contribution in [2.45, 2.75) is 27.2 Å². The zero-order valence-corrected chi connectivity index (χ0v) is 11.7. The average molecular weight is 288 g/mol. The molecule has 0 atom stereocenters. The molecule has 0 saturated carbocycles. The average Bonchev–Trinajstić information content (AvgIpc) is 2.20. The zero-order valence-electron chi connectivity index (χ0n) is 10.1. The van der Waals surface area contributed by atoms with Gasteiger partial charge in [-0.05, 0) is 42.1 Å². The topological polar surface area (TPSA) is 12.0 Å². The molecule has 0 amide bonds. The summed E-state index contributed by atoms with van der Waals surface area (Å²) >= 11 is 3.37. The van der Waals surface area contributed by atoms with Crippen LogP contribution in [0.5, 0.6) is 0 Å². The maximum atomic E-state index is 13.6. The summed E-state index contributed by atoms with van der Waals surface area (Å²) < 4.78 is 14.5. The predicted octanol–water partition coefficient (Wildman–Crippen LogP) is 3.77. The second-order valence-electron chi connectivity index (χ2n) is 4.86. The van der Waals surface area contributed by atoms with Crippen LogP contribution in [0.25, 0.3) is 0 Å². The highest BCUT2D eigenvalue weighted by Gasteiger charge is 2.19. The van der Waals surface area contributed by atoms with Crippen LogP contribution in [0.2, 0.25) is 0 Å². The highest BCUT2D eigenvalue weighted by Crippen LogP contribution is 2.25. The Kier molecular flexibility index (Phi) is 4.93. The highest BCUT2D eigenvalue weighted by atomic mass is 79.9. The molecule has 0 unspecified atom stereocenters. The third-order valence-corrected chi connectivity index (χ3v) is 3.02. The Hall–Kier alpha value is -0.410. The summed E-state index contributed by atoms with van der Waals surface area (Å²) in [5, 5.41) is 3.31. The van der Waals surface area contributed by atoms with Crippen LogP contribution in [0.4, 0.5) is 4.39 Å². The third-order valence-electron chi connectivity index (χ3n) is 2.53. The van der Waals surface area contributed by atoms with E-state index >= 15 is 0 Å². The molecule has 0 aliphatic carbocycles. The summed E-state index contributed by atoms with van der Waals surface area (Å²) in [4.78, 5) is 0. The van der Waals surface area contributed by atoms with Gasteiger partial charge in [-0.25, -0.2) is 4.39 Å². The first-order valence-corrected chi connectivity index (χ1v) is 6.38. The number of halogens is 2. The Labute approximate surface area is 106 Å². The van der Waals surface area contributed by atoms with Crippen molar-refractivity contribution in [3.05, 3.63) is 34.1 Å². The van der Waals surface area contributed by atoms with E-state index in [1.54, 1.807) is 6.07 Å². The fourth-order valence-corrected chi connectivity index (χ4v) is 2.13. The summed E-state index contributed by atoms with van der Waals surface area (Å²) in [5.41, 5.74) is 0.842. The van der Waals surface area contributed by atoms with E-state index in [0.717, 1.165) is 29.5 Å². The van der Waals surface area contributed by atoms with Crippen molar-refractivity contribution in [3.63, 3.8) is 0 Å². The van der Waals surface area contributed by atoms with Gasteiger partial charge in [0.1, 0.15) is 5.82 Å². The van der Waals surface area contributed by atoms with Crippen LogP contribution in [0.15, 0.2) is 22.7 Å². The van der Waals surface area contributed by atoms with E-state index in [9.17, 15) is 4.39 Å². The number of hydrogen-bond acceptors (Lipinski definition) is 1. The van der Waals surface area contributed by atoms with Crippen LogP contribution in [0, 0.1) is 11.2 Å². The van der Waals surface area contributed by atoms with Gasteiger partial charge in [0, 0.05) is 11.0 Å². The van der Waals surface area contributed by atoms with Crippen molar-refractivity contribution in [1.29, 1.82) is 0 Å². The first-order valence-electron chi connectivity index (χ1n) is 5.59. The molecule has 0 aromatic heterocycles. The van der Waals surface area contributed by atoms with Crippen LogP contribution in [0.1, 0.15) is 26.3 Å². The molecule has 0 fully saturated rings. The Bertz CT molecular complexity index is 350. The van der Waals surface area contributed by atoms with Crippen LogP contribution in [-0.2, 0) is 6.42 Å². The van der Waals surface area contributed by atoms with Crippen LogP contribution < -0.4 is 5.32 Å². The lowest BCUT2D eigenvalue weighted by molar-refractivity contribution is 0.337. The Morgan fingerprint density at radius 1 is 1.38 bits per heavy atom. The van der Waals surface area contributed by atoms with Gasteiger partial charge >= 0.3 is 0 Å². The number of hydrogen-bond donors (Lipinski definition) is 1. The lowest BCUT2D eigenvalue weighted by Crippen LogP contribution is -2.31. The predicted molar refractivity (Wildman–Crippen MR) is 70.1 cm³/mol. The molecular weight excluding hydrogens is 269 g/mol. The molecule has 1 nitrogen and oxygen atoms in total. The van der Waals surface area contributed by atoms with Crippen LogP contribution in [-0.4, -0.2) is 13.1 Å². The van der Waals surface area contributed by atoms with Crippen molar-refractivity contribution in [2.24, 2.45) is 5.41 Å². The second-order valence-corrected chi connectivity index (χ2v) is 5.77. The summed E-state index contributed by atoms with van der Waals surface area (Å²) in [6.45, 7) is 8.22. The first kappa shape index (κ1) is 13.7. The summed E-state index contributed by atoms with van der Waals surface area (Å²) in [6, 6.07) is 5.11. The van der Waals surface area contributed by atoms with E-state index in [-0.39, 0.29) is 11.2 Å². The summed E-state index contributed by atoms with van der Waals surface area (Å²) in [7, 11) is 0. The lowest BCUT2D eigenvalue weighted by Gasteiger charge is -2.25. The van der Waals surface area contributed by atoms with E-state index < -0.39 is 0 Å². The molecule has 3 heteroatoms. The van der Waals surface area contributed by atoms with Gasteiger partial charge < -0.3 is 5.32 Å². The molecule has 0 saturated heterocycles. The molecular formula is C13H19BrFN. The second kappa shape index (κ2) is 5.78. The normalized spacial score (nSPS) is 11.8. The SMILES string of the molecule is CCNCC(C)(C)Cc1cc(Br)ccc1F. The zero-order chi connectivity index (χ0) is 12.2. The molecule has 16 heavy (non-hydrogen) atoms. The molecule has 0 aliphatic rings. The molecule has 0 radical (unpaired) electrons. The van der Waals surface area contributed by atoms with E-state index in [0.29, 0.717) is 0 Å². The fraction of sp³-hybridized carbons (Fsp3) is 0.538. The van der Waals surface area contributed by atoms with Gasteiger partial charge in [0.05, 0.1) is 0 Å². The molecule has 0 aliphatic heterocycles. The summed E-state index contributed by atoms with van der Waals surface area (Å²) in [5.74, 6) is -0.118. The van der Waals surface area contributed by atoms with E-state index in [2.05, 4.69) is 42.0 Å². The van der Waals surface area contributed by atoms with Gasteiger partial charge in [-0.2, -0.15) is 0 Å². The van der Waals surface area contributed by atoms with E-state index in [1.165, 1.54) is 6.07 Å². The maximum Gasteiger partial charge on any atom is 0.126 e. The standard InChI is InChI=1S/C13H19BrFN/c1-4-16-9-13(2,3)8-10-7-11(14)5-6-12(10)15/h5-7,16H,4,8-9H2,1-3H3. The smallest absolute Gasteiger partial charge is 0.126 e. The molecule has 1 aromatic carbocycles. The van der Waals surface area contributed by atoms with Gasteiger partial charge in [-0.3, -0.25) is 0 Å². The van der Waals surface area contributed by atoms with Gasteiger partial charge in [0.2, 0.25) is 0 Å². The van der Waals surface area contributed by atoms with Crippen molar-refractivity contribution < 1.29 is 4.39 Å². The van der Waals surface area contributed by atoms with Crippen molar-refractivity contribution >= 4 is 15.9 Å². The largest absolute Gasteiger partial charge is 0.316 e. The Morgan fingerprint density at radius 3 is 2.69 bits per heavy atom. The molecule has 0 heterocycles. The van der Waals surface area contributed by atoms with Gasteiger partial charge in [-0.1, -0.05) is 36.7 Å². The minimum atomic E-state index is -0.118. The fourth-order valence-electron chi connectivity index (χ4n) is 1.72. The lowest BCUT2D eigenvalue weighted by atomic mass is 9.85. The Morgan fingerprint density at radius 2 is 2.06 bits per heavy atom. The van der Waals surface area contributed by atoms with Crippen molar-refractivity contribution in [2.75, 3.05) is 13.1 Å². The number of benzene rings is 1. The van der Waals surface area contributed by atoms with Gasteiger partial charge in [-0.15, -0.1) is 0 Å². The van der Waals surface area contributed by atoms with Crippen molar-refractivity contribution in [1.82, 2.24) is 5.32 Å². The highest BCUT2D eigenvalue weighted by molar-refractivity contribution is 9.10. The monoisotopic (exact) mass is 287 g/mol. The number of rotatable bonds is 5. The third kappa shape index (κ3) is 4.22. The molecule has 1 N–H and O–H groups in total. The van der Waals surface area contributed by atoms with Crippen LogP contribution in [0.3, 0.4) is 0 Å². The molecule has 1 aromatic rings. The van der Waals surface area contributed by atoms with E-state index in [4.69, 9.17) is 0 Å². The van der Waals surface area contributed by atoms with Gasteiger partial charge in [0.25, 0.3) is 0 Å². The minimum absolute atomic E-state index is 0.0671. The number of nitrogens with one attached hydrogen (secondary N) is 1. The first-order chi connectivity index (χ1) is 7.44. The van der Waals surface area contributed by atoms with Crippen molar-refractivity contribution in [3.8, 4) is 0 Å².